The van der Waals surface area contributed by atoms with Crippen LogP contribution in [0, 0.1) is 0 Å². The average molecular weight is 208 g/mol. The molecule has 1 aromatic rings. The van der Waals surface area contributed by atoms with Gasteiger partial charge in [-0.2, -0.15) is 0 Å². The van der Waals surface area contributed by atoms with Crippen molar-refractivity contribution in [3.63, 3.8) is 0 Å². The molecular weight excluding hydrogens is 188 g/mol. The molecule has 3 heteroatoms. The Morgan fingerprint density at radius 1 is 1.07 bits per heavy atom. The lowest BCUT2D eigenvalue weighted by Crippen LogP contribution is -1.98. The van der Waals surface area contributed by atoms with Gasteiger partial charge in [0.25, 0.3) is 0 Å². The molecule has 0 fully saturated rings. The molecule has 0 aliphatic carbocycles. The molecule has 0 heterocycles. The molecule has 0 amide bonds. The van der Waals surface area contributed by atoms with Crippen LogP contribution < -0.4 is 11.5 Å². The Balaban J connectivity index is 2.31. The molecule has 0 aliphatic rings. The fourth-order valence-electron chi connectivity index (χ4n) is 1.47. The second-order valence-electron chi connectivity index (χ2n) is 3.77. The highest BCUT2D eigenvalue weighted by molar-refractivity contribution is 5.54. The lowest BCUT2D eigenvalue weighted by atomic mass is 10.2. The zero-order valence-electron chi connectivity index (χ0n) is 9.33. The lowest BCUT2D eigenvalue weighted by molar-refractivity contribution is 0.117. The summed E-state index contributed by atoms with van der Waals surface area (Å²) in [6.07, 6.45) is 3.56. The third-order valence-electron chi connectivity index (χ3n) is 2.20. The summed E-state index contributed by atoms with van der Waals surface area (Å²) in [7, 11) is 0. The van der Waals surface area contributed by atoms with Crippen LogP contribution in [0.25, 0.3) is 0 Å². The van der Waals surface area contributed by atoms with Crippen LogP contribution in [0.15, 0.2) is 18.2 Å². The summed E-state index contributed by atoms with van der Waals surface area (Å²) in [5.74, 6) is 0. The Bertz CT molecular complexity index is 279. The summed E-state index contributed by atoms with van der Waals surface area (Å²) in [4.78, 5) is 0. The molecule has 15 heavy (non-hydrogen) atoms. The van der Waals surface area contributed by atoms with Gasteiger partial charge >= 0.3 is 0 Å². The summed E-state index contributed by atoms with van der Waals surface area (Å²) in [6.45, 7) is 3.58. The van der Waals surface area contributed by atoms with Crippen LogP contribution >= 0.6 is 0 Å². The number of nitrogens with two attached hydrogens (primary N) is 2. The van der Waals surface area contributed by atoms with Crippen molar-refractivity contribution in [2.24, 2.45) is 0 Å². The molecule has 0 radical (unpaired) electrons. The predicted molar refractivity (Wildman–Crippen MR) is 64.4 cm³/mol. The van der Waals surface area contributed by atoms with E-state index in [2.05, 4.69) is 6.92 Å². The van der Waals surface area contributed by atoms with E-state index >= 15 is 0 Å². The van der Waals surface area contributed by atoms with Gasteiger partial charge < -0.3 is 16.2 Å². The quantitative estimate of drug-likeness (QED) is 0.558. The number of ether oxygens (including phenoxy) is 1. The first kappa shape index (κ1) is 11.9. The largest absolute Gasteiger partial charge is 0.399 e. The summed E-state index contributed by atoms with van der Waals surface area (Å²) in [5.41, 5.74) is 13.8. The van der Waals surface area contributed by atoms with Gasteiger partial charge in [-0.3, -0.25) is 0 Å². The lowest BCUT2D eigenvalue weighted by Gasteiger charge is -2.06. The van der Waals surface area contributed by atoms with E-state index in [9.17, 15) is 0 Å². The molecule has 0 saturated heterocycles. The second kappa shape index (κ2) is 6.30. The number of hydrogen-bond acceptors (Lipinski definition) is 3. The van der Waals surface area contributed by atoms with Gasteiger partial charge in [0.05, 0.1) is 6.61 Å². The monoisotopic (exact) mass is 208 g/mol. The normalized spacial score (nSPS) is 10.5. The summed E-state index contributed by atoms with van der Waals surface area (Å²) in [5, 5.41) is 0. The van der Waals surface area contributed by atoms with E-state index in [1.807, 2.05) is 12.1 Å². The van der Waals surface area contributed by atoms with Crippen molar-refractivity contribution in [2.45, 2.75) is 32.8 Å². The summed E-state index contributed by atoms with van der Waals surface area (Å²) >= 11 is 0. The second-order valence-corrected chi connectivity index (χ2v) is 3.77. The number of nitrogen functional groups attached to an aromatic ring is 2. The maximum atomic E-state index is 5.68. The smallest absolute Gasteiger partial charge is 0.0718 e. The van der Waals surface area contributed by atoms with Crippen LogP contribution in [0.3, 0.4) is 0 Å². The number of benzene rings is 1. The first-order valence-corrected chi connectivity index (χ1v) is 5.45. The zero-order chi connectivity index (χ0) is 11.1. The van der Waals surface area contributed by atoms with Gasteiger partial charge in [0, 0.05) is 18.0 Å². The van der Waals surface area contributed by atoms with Crippen molar-refractivity contribution in [1.82, 2.24) is 0 Å². The number of anilines is 2. The van der Waals surface area contributed by atoms with E-state index in [1.165, 1.54) is 12.8 Å². The minimum Gasteiger partial charge on any atom is -0.399 e. The third-order valence-corrected chi connectivity index (χ3v) is 2.20. The van der Waals surface area contributed by atoms with Crippen LogP contribution in [0.1, 0.15) is 31.7 Å². The van der Waals surface area contributed by atoms with E-state index in [0.717, 1.165) is 18.6 Å². The van der Waals surface area contributed by atoms with Gasteiger partial charge in [0.15, 0.2) is 0 Å². The maximum Gasteiger partial charge on any atom is 0.0718 e. The average Bonchev–Trinajstić information content (AvgIpc) is 2.16. The molecule has 0 aromatic heterocycles. The maximum absolute atomic E-state index is 5.68. The number of hydrogen-bond donors (Lipinski definition) is 2. The SMILES string of the molecule is CCCCCOCc1cc(N)cc(N)c1. The van der Waals surface area contributed by atoms with Gasteiger partial charge in [-0.05, 0) is 30.2 Å². The minimum absolute atomic E-state index is 0.596. The van der Waals surface area contributed by atoms with Crippen molar-refractivity contribution in [2.75, 3.05) is 18.1 Å². The molecule has 1 rings (SSSR count). The predicted octanol–water partition coefficient (Wildman–Crippen LogP) is 2.56. The van der Waals surface area contributed by atoms with Gasteiger partial charge in [-0.15, -0.1) is 0 Å². The highest BCUT2D eigenvalue weighted by Gasteiger charge is 1.97. The molecule has 4 N–H and O–H groups in total. The van der Waals surface area contributed by atoms with Crippen LogP contribution in [-0.2, 0) is 11.3 Å². The molecule has 0 bridgehead atoms. The molecule has 0 saturated carbocycles. The fraction of sp³-hybridized carbons (Fsp3) is 0.500. The van der Waals surface area contributed by atoms with Crippen molar-refractivity contribution in [3.05, 3.63) is 23.8 Å². The number of rotatable bonds is 6. The molecule has 1 aromatic carbocycles. The van der Waals surface area contributed by atoms with Gasteiger partial charge in [-0.25, -0.2) is 0 Å². The Morgan fingerprint density at radius 3 is 2.33 bits per heavy atom. The first-order valence-electron chi connectivity index (χ1n) is 5.45. The van der Waals surface area contributed by atoms with E-state index in [4.69, 9.17) is 16.2 Å². The van der Waals surface area contributed by atoms with E-state index < -0.39 is 0 Å². The van der Waals surface area contributed by atoms with Crippen LogP contribution in [0.5, 0.6) is 0 Å². The molecule has 0 spiro atoms. The molecule has 0 atom stereocenters. The number of unbranched alkanes of at least 4 members (excludes halogenated alkanes) is 2. The standard InChI is InChI=1S/C12H20N2O/c1-2-3-4-5-15-9-10-6-11(13)8-12(14)7-10/h6-8H,2-5,9,13-14H2,1H3. The summed E-state index contributed by atoms with van der Waals surface area (Å²) in [6, 6.07) is 5.55. The molecule has 84 valence electrons. The van der Waals surface area contributed by atoms with Crippen molar-refractivity contribution in [1.29, 1.82) is 0 Å². The minimum atomic E-state index is 0.596. The Kier molecular flexibility index (Phi) is 4.98. The van der Waals surface area contributed by atoms with Gasteiger partial charge in [-0.1, -0.05) is 19.8 Å². The highest BCUT2D eigenvalue weighted by atomic mass is 16.5. The topological polar surface area (TPSA) is 61.3 Å². The Labute approximate surface area is 91.4 Å². The van der Waals surface area contributed by atoms with E-state index in [-0.39, 0.29) is 0 Å². The highest BCUT2D eigenvalue weighted by Crippen LogP contribution is 2.14. The fourth-order valence-corrected chi connectivity index (χ4v) is 1.47. The van der Waals surface area contributed by atoms with Crippen molar-refractivity contribution in [3.8, 4) is 0 Å². The summed E-state index contributed by atoms with van der Waals surface area (Å²) < 4.78 is 5.52. The molecule has 3 nitrogen and oxygen atoms in total. The van der Waals surface area contributed by atoms with E-state index in [1.54, 1.807) is 6.07 Å². The van der Waals surface area contributed by atoms with E-state index in [0.29, 0.717) is 18.0 Å². The van der Waals surface area contributed by atoms with Gasteiger partial charge in [0.1, 0.15) is 0 Å². The Morgan fingerprint density at radius 2 is 1.73 bits per heavy atom. The van der Waals surface area contributed by atoms with Crippen LogP contribution in [-0.4, -0.2) is 6.61 Å². The van der Waals surface area contributed by atoms with Crippen LogP contribution in [0.4, 0.5) is 11.4 Å². The van der Waals surface area contributed by atoms with Gasteiger partial charge in [0.2, 0.25) is 0 Å². The van der Waals surface area contributed by atoms with Crippen molar-refractivity contribution < 1.29 is 4.74 Å². The molecule has 0 unspecified atom stereocenters. The molecule has 0 aliphatic heterocycles. The van der Waals surface area contributed by atoms with Crippen molar-refractivity contribution >= 4 is 11.4 Å². The first-order chi connectivity index (χ1) is 7.22. The zero-order valence-corrected chi connectivity index (χ0v) is 9.33. The Hall–Kier alpha value is -1.22. The van der Waals surface area contributed by atoms with Crippen LogP contribution in [0.2, 0.25) is 0 Å². The molecular formula is C12H20N2O. The third kappa shape index (κ3) is 4.70.